The van der Waals surface area contributed by atoms with Crippen LogP contribution in [-0.2, 0) is 14.3 Å². The third-order valence-corrected chi connectivity index (χ3v) is 6.17. The normalized spacial score (nSPS) is 23.6. The molecule has 3 atom stereocenters. The molecule has 2 aliphatic rings. The van der Waals surface area contributed by atoms with E-state index < -0.39 is 17.8 Å². The summed E-state index contributed by atoms with van der Waals surface area (Å²) in [6.07, 6.45) is 0.932. The van der Waals surface area contributed by atoms with Gasteiger partial charge in [0.25, 0.3) is 0 Å². The van der Waals surface area contributed by atoms with Crippen molar-refractivity contribution in [2.45, 2.75) is 31.6 Å². The van der Waals surface area contributed by atoms with Crippen LogP contribution in [-0.4, -0.2) is 29.7 Å². The van der Waals surface area contributed by atoms with Crippen LogP contribution in [0.5, 0.6) is 5.75 Å². The largest absolute Gasteiger partial charge is 0.508 e. The molecule has 154 valence electrons. The molecule has 0 spiro atoms. The van der Waals surface area contributed by atoms with Crippen molar-refractivity contribution in [1.29, 1.82) is 0 Å². The maximum Gasteiger partial charge on any atom is 0.315 e. The minimum Gasteiger partial charge on any atom is -0.508 e. The van der Waals surface area contributed by atoms with Gasteiger partial charge in [-0.2, -0.15) is 0 Å². The summed E-state index contributed by atoms with van der Waals surface area (Å²) < 4.78 is 5.03. The molecule has 3 unspecified atom stereocenters. The maximum absolute atomic E-state index is 13.3. The number of hydrogen-bond acceptors (Lipinski definition) is 5. The number of phenolic OH excluding ortho intramolecular Hbond substituents is 1. The van der Waals surface area contributed by atoms with Gasteiger partial charge in [0.05, 0.1) is 7.11 Å². The molecule has 0 saturated carbocycles. The first-order valence-electron chi connectivity index (χ1n) is 9.82. The molecule has 1 heterocycles. The molecule has 2 aromatic rings. The summed E-state index contributed by atoms with van der Waals surface area (Å²) in [5.74, 6) is -1.62. The van der Waals surface area contributed by atoms with Gasteiger partial charge in [-0.1, -0.05) is 35.9 Å². The number of ether oxygens (including phenoxy) is 1. The quantitative estimate of drug-likeness (QED) is 0.720. The van der Waals surface area contributed by atoms with Crippen molar-refractivity contribution >= 4 is 29.1 Å². The molecule has 4 rings (SSSR count). The number of halogens is 1. The van der Waals surface area contributed by atoms with Gasteiger partial charge in [0.2, 0.25) is 0 Å². The van der Waals surface area contributed by atoms with E-state index in [0.29, 0.717) is 40.4 Å². The van der Waals surface area contributed by atoms with E-state index in [1.807, 2.05) is 30.3 Å². The molecule has 6 heteroatoms. The Kier molecular flexibility index (Phi) is 5.48. The standard InChI is InChI=1S/C24H22ClNO4/c1-13-21(24(29)30-2)22(15-4-3-5-18(27)10-15)23-19(26-13)11-16(12-20(23)28)14-6-8-17(25)9-7-14/h3-10,16,21-22,27H,11-12H2,1-2H3. The van der Waals surface area contributed by atoms with Crippen LogP contribution >= 0.6 is 11.6 Å². The van der Waals surface area contributed by atoms with Gasteiger partial charge in [-0.3, -0.25) is 14.6 Å². The predicted octanol–water partition coefficient (Wildman–Crippen LogP) is 4.79. The fourth-order valence-electron chi connectivity index (χ4n) is 4.54. The van der Waals surface area contributed by atoms with E-state index >= 15 is 0 Å². The Morgan fingerprint density at radius 1 is 1.13 bits per heavy atom. The molecule has 0 fully saturated rings. The Bertz CT molecular complexity index is 1070. The van der Waals surface area contributed by atoms with Gasteiger partial charge >= 0.3 is 5.97 Å². The molecular weight excluding hydrogens is 402 g/mol. The second kappa shape index (κ2) is 8.07. The zero-order valence-corrected chi connectivity index (χ0v) is 17.5. The van der Waals surface area contributed by atoms with Crippen molar-refractivity contribution in [2.75, 3.05) is 7.11 Å². The molecule has 0 saturated heterocycles. The molecule has 0 aromatic heterocycles. The molecule has 0 bridgehead atoms. The number of aliphatic imine (C=N–C) groups is 1. The first-order chi connectivity index (χ1) is 14.4. The van der Waals surface area contributed by atoms with Crippen molar-refractivity contribution < 1.29 is 19.4 Å². The summed E-state index contributed by atoms with van der Waals surface area (Å²) in [7, 11) is 1.33. The SMILES string of the molecule is COC(=O)C1C(C)=NC2=C(C(=O)CC(c3ccc(Cl)cc3)C2)C1c1cccc(O)c1. The van der Waals surface area contributed by atoms with Gasteiger partial charge < -0.3 is 9.84 Å². The van der Waals surface area contributed by atoms with Crippen LogP contribution in [0.3, 0.4) is 0 Å². The number of rotatable bonds is 3. The van der Waals surface area contributed by atoms with E-state index in [-0.39, 0.29) is 17.5 Å². The molecule has 2 aromatic carbocycles. The number of phenols is 1. The van der Waals surface area contributed by atoms with Gasteiger partial charge in [-0.15, -0.1) is 0 Å². The highest BCUT2D eigenvalue weighted by atomic mass is 35.5. The lowest BCUT2D eigenvalue weighted by molar-refractivity contribution is -0.143. The van der Waals surface area contributed by atoms with E-state index in [9.17, 15) is 14.7 Å². The zero-order valence-electron chi connectivity index (χ0n) is 16.8. The molecule has 5 nitrogen and oxygen atoms in total. The topological polar surface area (TPSA) is 76.0 Å². The Morgan fingerprint density at radius 2 is 1.87 bits per heavy atom. The van der Waals surface area contributed by atoms with Gasteiger partial charge in [-0.05, 0) is 54.7 Å². The van der Waals surface area contributed by atoms with Crippen LogP contribution in [0.15, 0.2) is 64.8 Å². The number of Topliss-reactive ketones (excluding diaryl/α,β-unsaturated/α-hetero) is 1. The van der Waals surface area contributed by atoms with Crippen LogP contribution in [0.4, 0.5) is 0 Å². The van der Waals surface area contributed by atoms with Crippen LogP contribution in [0.2, 0.25) is 5.02 Å². The van der Waals surface area contributed by atoms with Crippen molar-refractivity contribution in [3.63, 3.8) is 0 Å². The minimum absolute atomic E-state index is 0.00423. The average Bonchev–Trinajstić information content (AvgIpc) is 2.72. The Morgan fingerprint density at radius 3 is 2.53 bits per heavy atom. The number of ketones is 1. The molecule has 0 radical (unpaired) electrons. The van der Waals surface area contributed by atoms with E-state index in [4.69, 9.17) is 16.3 Å². The lowest BCUT2D eigenvalue weighted by atomic mass is 9.69. The monoisotopic (exact) mass is 423 g/mol. The number of carbonyl (C=O) groups excluding carboxylic acids is 2. The minimum atomic E-state index is -0.702. The Balaban J connectivity index is 1.81. The summed E-state index contributed by atoms with van der Waals surface area (Å²) in [5.41, 5.74) is 3.60. The second-order valence-corrected chi connectivity index (χ2v) is 8.20. The molecule has 1 N–H and O–H groups in total. The van der Waals surface area contributed by atoms with E-state index in [2.05, 4.69) is 4.99 Å². The van der Waals surface area contributed by atoms with Crippen molar-refractivity contribution in [2.24, 2.45) is 10.9 Å². The number of hydrogen-bond donors (Lipinski definition) is 1. The summed E-state index contributed by atoms with van der Waals surface area (Å²) in [5, 5.41) is 10.7. The van der Waals surface area contributed by atoms with Gasteiger partial charge in [-0.25, -0.2) is 0 Å². The second-order valence-electron chi connectivity index (χ2n) is 7.77. The molecule has 30 heavy (non-hydrogen) atoms. The number of benzene rings is 2. The number of carbonyl (C=O) groups is 2. The lowest BCUT2D eigenvalue weighted by Gasteiger charge is -2.36. The summed E-state index contributed by atoms with van der Waals surface area (Å²) in [6.45, 7) is 1.79. The van der Waals surface area contributed by atoms with Crippen molar-refractivity contribution in [3.8, 4) is 5.75 Å². The summed E-state index contributed by atoms with van der Waals surface area (Å²) in [6, 6.07) is 14.2. The number of allylic oxidation sites excluding steroid dienone is 2. The molecular formula is C24H22ClNO4. The van der Waals surface area contributed by atoms with Gasteiger partial charge in [0.15, 0.2) is 5.78 Å². The fourth-order valence-corrected chi connectivity index (χ4v) is 4.67. The predicted molar refractivity (Wildman–Crippen MR) is 115 cm³/mol. The maximum atomic E-state index is 13.3. The van der Waals surface area contributed by atoms with Crippen LogP contribution in [0, 0.1) is 5.92 Å². The number of nitrogens with zero attached hydrogens (tertiary/aromatic N) is 1. The first-order valence-corrected chi connectivity index (χ1v) is 10.2. The van der Waals surface area contributed by atoms with E-state index in [1.165, 1.54) is 7.11 Å². The van der Waals surface area contributed by atoms with Crippen LogP contribution in [0.1, 0.15) is 42.7 Å². The van der Waals surface area contributed by atoms with E-state index in [1.54, 1.807) is 25.1 Å². The van der Waals surface area contributed by atoms with E-state index in [0.717, 1.165) is 5.56 Å². The van der Waals surface area contributed by atoms with Gasteiger partial charge in [0.1, 0.15) is 11.7 Å². The molecule has 1 aliphatic carbocycles. The zero-order chi connectivity index (χ0) is 21.4. The van der Waals surface area contributed by atoms with Crippen molar-refractivity contribution in [1.82, 2.24) is 0 Å². The first kappa shape index (κ1) is 20.4. The highest BCUT2D eigenvalue weighted by Crippen LogP contribution is 2.47. The molecule has 0 amide bonds. The summed E-state index contributed by atoms with van der Waals surface area (Å²) >= 11 is 6.01. The highest BCUT2D eigenvalue weighted by molar-refractivity contribution is 6.30. The average molecular weight is 424 g/mol. The highest BCUT2D eigenvalue weighted by Gasteiger charge is 2.44. The smallest absolute Gasteiger partial charge is 0.315 e. The number of methoxy groups -OCH3 is 1. The lowest BCUT2D eigenvalue weighted by Crippen LogP contribution is -2.37. The number of aromatic hydroxyl groups is 1. The Hall–Kier alpha value is -2.92. The Labute approximate surface area is 180 Å². The number of esters is 1. The third kappa shape index (κ3) is 3.65. The molecule has 1 aliphatic heterocycles. The van der Waals surface area contributed by atoms with Crippen molar-refractivity contribution in [3.05, 3.63) is 76.0 Å². The fraction of sp³-hybridized carbons (Fsp3) is 0.292. The third-order valence-electron chi connectivity index (χ3n) is 5.91. The van der Waals surface area contributed by atoms with Crippen LogP contribution < -0.4 is 0 Å². The van der Waals surface area contributed by atoms with Crippen LogP contribution in [0.25, 0.3) is 0 Å². The van der Waals surface area contributed by atoms with Gasteiger partial charge in [0, 0.05) is 34.3 Å². The summed E-state index contributed by atoms with van der Waals surface area (Å²) in [4.78, 5) is 30.7.